The second-order valence-electron chi connectivity index (χ2n) is 5.34. The number of anilines is 1. The Morgan fingerprint density at radius 1 is 1.22 bits per heavy atom. The van der Waals surface area contributed by atoms with Crippen molar-refractivity contribution in [1.82, 2.24) is 14.9 Å². The summed E-state index contributed by atoms with van der Waals surface area (Å²) < 4.78 is 11.0. The Balaban J connectivity index is 1.97. The van der Waals surface area contributed by atoms with Crippen LogP contribution in [0.15, 0.2) is 56.6 Å². The molecule has 0 aliphatic heterocycles. The molecule has 0 aromatic carbocycles. The van der Waals surface area contributed by atoms with Gasteiger partial charge in [-0.3, -0.25) is 9.59 Å². The predicted molar refractivity (Wildman–Crippen MR) is 80.7 cm³/mol. The molecule has 3 rings (SSSR count). The van der Waals surface area contributed by atoms with Crippen LogP contribution in [-0.4, -0.2) is 20.8 Å². The predicted octanol–water partition coefficient (Wildman–Crippen LogP) is 1.87. The molecule has 0 bridgehead atoms. The maximum Gasteiger partial charge on any atom is 0.267 e. The lowest BCUT2D eigenvalue weighted by molar-refractivity contribution is -0.123. The molecule has 0 unspecified atom stereocenters. The lowest BCUT2D eigenvalue weighted by atomic mass is 10.0. The van der Waals surface area contributed by atoms with Crippen LogP contribution in [0.3, 0.4) is 0 Å². The highest BCUT2D eigenvalue weighted by Gasteiger charge is 2.33. The van der Waals surface area contributed by atoms with E-state index < -0.39 is 17.0 Å². The van der Waals surface area contributed by atoms with E-state index in [1.165, 1.54) is 24.7 Å². The molecule has 0 aliphatic rings. The first-order chi connectivity index (χ1) is 11.0. The third-order valence-corrected chi connectivity index (χ3v) is 3.34. The van der Waals surface area contributed by atoms with Crippen LogP contribution in [0.25, 0.3) is 11.5 Å². The van der Waals surface area contributed by atoms with E-state index in [2.05, 4.69) is 20.1 Å². The monoisotopic (exact) mass is 314 g/mol. The van der Waals surface area contributed by atoms with Crippen LogP contribution < -0.4 is 10.9 Å². The van der Waals surface area contributed by atoms with Crippen LogP contribution in [0.4, 0.5) is 5.82 Å². The number of aromatic nitrogens is 3. The van der Waals surface area contributed by atoms with Crippen LogP contribution in [0, 0.1) is 0 Å². The normalized spacial score (nSPS) is 11.4. The van der Waals surface area contributed by atoms with Crippen molar-refractivity contribution < 1.29 is 13.7 Å². The van der Waals surface area contributed by atoms with Crippen molar-refractivity contribution in [2.75, 3.05) is 5.32 Å². The molecule has 3 aromatic rings. The van der Waals surface area contributed by atoms with Gasteiger partial charge in [-0.05, 0) is 32.0 Å². The van der Waals surface area contributed by atoms with Gasteiger partial charge in [0.2, 0.25) is 0 Å². The summed E-state index contributed by atoms with van der Waals surface area (Å²) in [6, 6.07) is 7.83. The molecule has 23 heavy (non-hydrogen) atoms. The Labute approximate surface area is 130 Å². The molecular weight excluding hydrogens is 300 g/mol. The smallest absolute Gasteiger partial charge is 0.267 e. The highest BCUT2D eigenvalue weighted by atomic mass is 16.5. The van der Waals surface area contributed by atoms with Crippen molar-refractivity contribution >= 4 is 11.7 Å². The number of nitrogens with one attached hydrogen (secondary N) is 1. The largest absolute Gasteiger partial charge is 0.463 e. The summed E-state index contributed by atoms with van der Waals surface area (Å²) >= 11 is 0. The highest BCUT2D eigenvalue weighted by molar-refractivity contribution is 5.95. The van der Waals surface area contributed by atoms with E-state index in [4.69, 9.17) is 4.42 Å². The SMILES string of the molecule is CC(C)(C(=O)Nc1ccon1)n1nc(-c2ccco2)ccc1=O. The maximum absolute atomic E-state index is 12.5. The zero-order valence-corrected chi connectivity index (χ0v) is 12.5. The van der Waals surface area contributed by atoms with Gasteiger partial charge in [-0.2, -0.15) is 5.10 Å². The van der Waals surface area contributed by atoms with Gasteiger partial charge in [-0.15, -0.1) is 0 Å². The first-order valence-electron chi connectivity index (χ1n) is 6.85. The standard InChI is InChI=1S/C15H14N4O4/c1-15(2,14(21)16-12-7-9-23-18-12)19-13(20)6-5-10(17-19)11-4-3-8-22-11/h3-9H,1-2H3,(H,16,18,21). The first kappa shape index (κ1) is 14.8. The highest BCUT2D eigenvalue weighted by Crippen LogP contribution is 2.19. The van der Waals surface area contributed by atoms with Gasteiger partial charge in [0.05, 0.1) is 6.26 Å². The first-order valence-corrected chi connectivity index (χ1v) is 6.85. The van der Waals surface area contributed by atoms with E-state index in [0.29, 0.717) is 11.5 Å². The lowest BCUT2D eigenvalue weighted by Gasteiger charge is -2.24. The van der Waals surface area contributed by atoms with E-state index >= 15 is 0 Å². The summed E-state index contributed by atoms with van der Waals surface area (Å²) in [5.74, 6) is 0.322. The molecule has 0 radical (unpaired) electrons. The number of furan rings is 1. The van der Waals surface area contributed by atoms with Gasteiger partial charge >= 0.3 is 0 Å². The minimum atomic E-state index is -1.24. The summed E-state index contributed by atoms with van der Waals surface area (Å²) in [5.41, 5.74) is -1.18. The molecule has 1 amide bonds. The molecule has 8 nitrogen and oxygen atoms in total. The van der Waals surface area contributed by atoms with Gasteiger partial charge < -0.3 is 14.3 Å². The number of rotatable bonds is 4. The maximum atomic E-state index is 12.5. The Hall–Kier alpha value is -3.16. The summed E-state index contributed by atoms with van der Waals surface area (Å²) in [6.07, 6.45) is 2.85. The molecule has 118 valence electrons. The van der Waals surface area contributed by atoms with E-state index in [1.807, 2.05) is 0 Å². The number of nitrogens with zero attached hydrogens (tertiary/aromatic N) is 3. The number of hydrogen-bond donors (Lipinski definition) is 1. The van der Waals surface area contributed by atoms with Gasteiger partial charge in [0.1, 0.15) is 17.5 Å². The molecule has 0 saturated heterocycles. The molecule has 0 saturated carbocycles. The summed E-state index contributed by atoms with van der Waals surface area (Å²) in [7, 11) is 0. The zero-order chi connectivity index (χ0) is 16.4. The van der Waals surface area contributed by atoms with Gasteiger partial charge in [-0.1, -0.05) is 5.16 Å². The van der Waals surface area contributed by atoms with E-state index in [9.17, 15) is 9.59 Å². The summed E-state index contributed by atoms with van der Waals surface area (Å²) in [6.45, 7) is 3.17. The van der Waals surface area contributed by atoms with Crippen LogP contribution in [0.5, 0.6) is 0 Å². The van der Waals surface area contributed by atoms with Crippen LogP contribution in [-0.2, 0) is 10.3 Å². The van der Waals surface area contributed by atoms with Gasteiger partial charge in [0, 0.05) is 12.1 Å². The summed E-state index contributed by atoms with van der Waals surface area (Å²) in [4.78, 5) is 24.6. The van der Waals surface area contributed by atoms with E-state index in [0.717, 1.165) is 4.68 Å². The third-order valence-electron chi connectivity index (χ3n) is 3.34. The van der Waals surface area contributed by atoms with Gasteiger partial charge in [0.15, 0.2) is 11.6 Å². The molecular formula is C15H14N4O4. The minimum absolute atomic E-state index is 0.262. The topological polar surface area (TPSA) is 103 Å². The quantitative estimate of drug-likeness (QED) is 0.788. The molecule has 8 heteroatoms. The molecule has 0 aliphatic carbocycles. The van der Waals surface area contributed by atoms with Crippen LogP contribution in [0.2, 0.25) is 0 Å². The van der Waals surface area contributed by atoms with E-state index in [-0.39, 0.29) is 5.82 Å². The molecule has 0 spiro atoms. The fourth-order valence-corrected chi connectivity index (χ4v) is 2.01. The van der Waals surface area contributed by atoms with Crippen molar-refractivity contribution in [3.63, 3.8) is 0 Å². The summed E-state index contributed by atoms with van der Waals surface area (Å²) in [5, 5.41) is 10.4. The minimum Gasteiger partial charge on any atom is -0.463 e. The van der Waals surface area contributed by atoms with Gasteiger partial charge in [0.25, 0.3) is 11.5 Å². The van der Waals surface area contributed by atoms with Crippen molar-refractivity contribution in [1.29, 1.82) is 0 Å². The average Bonchev–Trinajstić information content (AvgIpc) is 3.20. The molecule has 0 atom stereocenters. The Bertz CT molecular complexity index is 863. The average molecular weight is 314 g/mol. The molecule has 3 aromatic heterocycles. The van der Waals surface area contributed by atoms with Crippen molar-refractivity contribution in [2.24, 2.45) is 0 Å². The van der Waals surface area contributed by atoms with Crippen molar-refractivity contribution in [3.05, 3.63) is 53.2 Å². The fourth-order valence-electron chi connectivity index (χ4n) is 2.01. The third kappa shape index (κ3) is 2.78. The molecule has 3 heterocycles. The Morgan fingerprint density at radius 2 is 2.04 bits per heavy atom. The Kier molecular flexibility index (Phi) is 3.57. The number of carbonyl (C=O) groups excluding carboxylic acids is 1. The Morgan fingerprint density at radius 3 is 2.70 bits per heavy atom. The second-order valence-corrected chi connectivity index (χ2v) is 5.34. The van der Waals surface area contributed by atoms with Crippen LogP contribution in [0.1, 0.15) is 13.8 Å². The van der Waals surface area contributed by atoms with Crippen LogP contribution >= 0.6 is 0 Å². The van der Waals surface area contributed by atoms with Crippen molar-refractivity contribution in [3.8, 4) is 11.5 Å². The number of hydrogen-bond acceptors (Lipinski definition) is 6. The zero-order valence-electron chi connectivity index (χ0n) is 12.5. The lowest BCUT2D eigenvalue weighted by Crippen LogP contribution is -2.47. The molecule has 0 fully saturated rings. The van der Waals surface area contributed by atoms with E-state index in [1.54, 1.807) is 32.0 Å². The number of carbonyl (C=O) groups is 1. The fraction of sp³-hybridized carbons (Fsp3) is 0.200. The van der Waals surface area contributed by atoms with Crippen molar-refractivity contribution in [2.45, 2.75) is 19.4 Å². The number of amides is 1. The molecule has 1 N–H and O–H groups in total. The second kappa shape index (κ2) is 5.56. The van der Waals surface area contributed by atoms with Gasteiger partial charge in [-0.25, -0.2) is 4.68 Å².